The van der Waals surface area contributed by atoms with Crippen LogP contribution >= 0.6 is 0 Å². The number of hydrazine groups is 1. The molecule has 2 N–H and O–H groups in total. The number of hydrogen-bond donors (Lipinski definition) is 1. The number of benzene rings is 2. The molecule has 0 aromatic heterocycles. The van der Waals surface area contributed by atoms with Crippen LogP contribution in [0.2, 0.25) is 0 Å². The molecule has 0 bridgehead atoms. The van der Waals surface area contributed by atoms with Gasteiger partial charge in [-0.05, 0) is 59.8 Å². The van der Waals surface area contributed by atoms with Gasteiger partial charge in [0.05, 0.1) is 19.6 Å². The molecule has 1 fully saturated rings. The Hall–Kier alpha value is -2.05. The van der Waals surface area contributed by atoms with Gasteiger partial charge in [0, 0.05) is 6.54 Å². The van der Waals surface area contributed by atoms with E-state index < -0.39 is 18.5 Å². The van der Waals surface area contributed by atoms with E-state index in [2.05, 4.69) is 12.1 Å². The Morgan fingerprint density at radius 2 is 1.84 bits per heavy atom. The topological polar surface area (TPSA) is 38.5 Å². The lowest BCUT2D eigenvalue weighted by molar-refractivity contribution is -0.141. The van der Waals surface area contributed by atoms with E-state index in [4.69, 9.17) is 10.6 Å². The van der Waals surface area contributed by atoms with Crippen LogP contribution in [-0.4, -0.2) is 24.8 Å². The summed E-state index contributed by atoms with van der Waals surface area (Å²) in [6.45, 7) is 4.52. The quantitative estimate of drug-likeness (QED) is 0.523. The van der Waals surface area contributed by atoms with Crippen LogP contribution in [0.1, 0.15) is 61.8 Å². The molecule has 3 rings (SSSR count). The molecule has 0 spiro atoms. The molecule has 3 atom stereocenters. The van der Waals surface area contributed by atoms with Gasteiger partial charge in [-0.25, -0.2) is 5.01 Å². The number of piperidine rings is 1. The molecule has 31 heavy (non-hydrogen) atoms. The summed E-state index contributed by atoms with van der Waals surface area (Å²) in [6, 6.07) is 15.8. The van der Waals surface area contributed by atoms with E-state index in [0.29, 0.717) is 6.42 Å². The van der Waals surface area contributed by atoms with Crippen LogP contribution in [-0.2, 0) is 6.42 Å². The Morgan fingerprint density at radius 3 is 2.45 bits per heavy atom. The first kappa shape index (κ1) is 23.6. The third-order valence-corrected chi connectivity index (χ3v) is 6.41. The lowest BCUT2D eigenvalue weighted by Crippen LogP contribution is -2.44. The second-order valence-corrected chi connectivity index (χ2v) is 8.94. The maximum absolute atomic E-state index is 13.2. The average Bonchev–Trinajstić information content (AvgIpc) is 2.72. The van der Waals surface area contributed by atoms with E-state index in [1.54, 1.807) is 13.2 Å². The van der Waals surface area contributed by atoms with Crippen molar-refractivity contribution in [3.05, 3.63) is 65.2 Å². The number of methoxy groups -OCH3 is 1. The van der Waals surface area contributed by atoms with Crippen molar-refractivity contribution in [1.82, 2.24) is 5.01 Å². The minimum atomic E-state index is -4.20. The van der Waals surface area contributed by atoms with Crippen molar-refractivity contribution in [2.24, 2.45) is 17.7 Å². The molecule has 3 nitrogen and oxygen atoms in total. The zero-order chi connectivity index (χ0) is 22.6. The number of ether oxygens (including phenoxy) is 1. The third kappa shape index (κ3) is 6.01. The fourth-order valence-corrected chi connectivity index (χ4v) is 4.89. The van der Waals surface area contributed by atoms with Gasteiger partial charge in [0.2, 0.25) is 0 Å². The normalized spacial score (nSPS) is 21.3. The molecule has 170 valence electrons. The second-order valence-electron chi connectivity index (χ2n) is 8.94. The van der Waals surface area contributed by atoms with Gasteiger partial charge in [-0.1, -0.05) is 56.3 Å². The predicted octanol–water partition coefficient (Wildman–Crippen LogP) is 6.26. The molecular formula is C25H33F3N2O. The summed E-state index contributed by atoms with van der Waals surface area (Å²) >= 11 is 0. The zero-order valence-corrected chi connectivity index (χ0v) is 18.5. The van der Waals surface area contributed by atoms with Gasteiger partial charge in [-0.3, -0.25) is 5.84 Å². The Bertz CT molecular complexity index is 838. The molecular weight excluding hydrogens is 401 g/mol. The summed E-state index contributed by atoms with van der Waals surface area (Å²) in [5.41, 5.74) is 2.84. The van der Waals surface area contributed by atoms with Crippen molar-refractivity contribution >= 4 is 0 Å². The highest BCUT2D eigenvalue weighted by atomic mass is 19.4. The van der Waals surface area contributed by atoms with Crippen LogP contribution < -0.4 is 10.6 Å². The summed E-state index contributed by atoms with van der Waals surface area (Å²) < 4.78 is 45.2. The molecule has 0 amide bonds. The minimum Gasteiger partial charge on any atom is -0.496 e. The smallest absolute Gasteiger partial charge is 0.389 e. The van der Waals surface area contributed by atoms with Crippen molar-refractivity contribution < 1.29 is 17.9 Å². The van der Waals surface area contributed by atoms with Gasteiger partial charge in [0.25, 0.3) is 0 Å². The van der Waals surface area contributed by atoms with Crippen LogP contribution in [0, 0.1) is 11.8 Å². The van der Waals surface area contributed by atoms with E-state index in [-0.39, 0.29) is 17.9 Å². The largest absolute Gasteiger partial charge is 0.496 e. The maximum Gasteiger partial charge on any atom is 0.389 e. The molecule has 1 aliphatic rings. The molecule has 2 aromatic rings. The number of halogens is 3. The molecule has 0 saturated carbocycles. The first-order valence-electron chi connectivity index (χ1n) is 11.0. The van der Waals surface area contributed by atoms with Gasteiger partial charge in [-0.15, -0.1) is 0 Å². The molecule has 0 radical (unpaired) electrons. The molecule has 1 saturated heterocycles. The Morgan fingerprint density at radius 1 is 1.13 bits per heavy atom. The highest BCUT2D eigenvalue weighted by Crippen LogP contribution is 2.41. The predicted molar refractivity (Wildman–Crippen MR) is 118 cm³/mol. The Kier molecular flexibility index (Phi) is 7.65. The van der Waals surface area contributed by atoms with E-state index in [1.165, 1.54) is 5.56 Å². The summed E-state index contributed by atoms with van der Waals surface area (Å²) in [4.78, 5) is 0. The van der Waals surface area contributed by atoms with E-state index >= 15 is 0 Å². The van der Waals surface area contributed by atoms with Gasteiger partial charge in [0.1, 0.15) is 5.75 Å². The Balaban J connectivity index is 1.92. The first-order valence-corrected chi connectivity index (χ1v) is 11.0. The highest BCUT2D eigenvalue weighted by Gasteiger charge is 2.35. The number of nitrogens with two attached hydrogens (primary N) is 1. The summed E-state index contributed by atoms with van der Waals surface area (Å²) in [5.74, 6) is 6.67. The fraction of sp³-hybridized carbons (Fsp3) is 0.520. The molecule has 1 aliphatic heterocycles. The molecule has 1 unspecified atom stereocenters. The maximum atomic E-state index is 13.2. The number of nitrogens with zero attached hydrogens (tertiary/aromatic N) is 1. The van der Waals surface area contributed by atoms with Crippen molar-refractivity contribution in [3.63, 3.8) is 0 Å². The summed E-state index contributed by atoms with van der Waals surface area (Å²) in [5, 5.41) is 1.90. The number of alkyl halides is 3. The van der Waals surface area contributed by atoms with Crippen molar-refractivity contribution in [3.8, 4) is 5.75 Å². The number of rotatable bonds is 7. The molecule has 2 aromatic carbocycles. The lowest BCUT2D eigenvalue weighted by atomic mass is 9.80. The Labute approximate surface area is 183 Å². The molecule has 1 heterocycles. The SMILES string of the molecule is COc1ccc(C(CC(F)(F)F)C(C)C)cc1C[C@@H]1CCCN(N)[C@@H]1c1ccccc1. The van der Waals surface area contributed by atoms with Crippen molar-refractivity contribution in [2.75, 3.05) is 13.7 Å². The molecule has 0 aliphatic carbocycles. The van der Waals surface area contributed by atoms with Crippen LogP contribution in [0.5, 0.6) is 5.75 Å². The monoisotopic (exact) mass is 434 g/mol. The summed E-state index contributed by atoms with van der Waals surface area (Å²) in [7, 11) is 1.61. The van der Waals surface area contributed by atoms with Crippen LogP contribution in [0.15, 0.2) is 48.5 Å². The van der Waals surface area contributed by atoms with Crippen molar-refractivity contribution in [2.45, 2.75) is 57.7 Å². The second kappa shape index (κ2) is 10.0. The number of hydrogen-bond acceptors (Lipinski definition) is 3. The van der Waals surface area contributed by atoms with Crippen LogP contribution in [0.4, 0.5) is 13.2 Å². The minimum absolute atomic E-state index is 0.0689. The van der Waals surface area contributed by atoms with Crippen LogP contribution in [0.3, 0.4) is 0 Å². The first-order chi connectivity index (χ1) is 14.7. The standard InChI is InChI=1S/C25H33F3N2O/c1-17(2)22(16-25(26,27)28)19-11-12-23(31-3)21(14-19)15-20-10-7-13-30(29)24(20)18-8-5-4-6-9-18/h4-6,8-9,11-12,14,17,20,22,24H,7,10,13,15-16,29H2,1-3H3/t20-,22?,24+/m0/s1. The van der Waals surface area contributed by atoms with E-state index in [1.807, 2.05) is 49.2 Å². The van der Waals surface area contributed by atoms with Crippen LogP contribution in [0.25, 0.3) is 0 Å². The van der Waals surface area contributed by atoms with Crippen molar-refractivity contribution in [1.29, 1.82) is 0 Å². The molecule has 6 heteroatoms. The lowest BCUT2D eigenvalue weighted by Gasteiger charge is -2.39. The highest BCUT2D eigenvalue weighted by molar-refractivity contribution is 5.39. The van der Waals surface area contributed by atoms with Gasteiger partial charge in [0.15, 0.2) is 0 Å². The van der Waals surface area contributed by atoms with Gasteiger partial charge in [-0.2, -0.15) is 13.2 Å². The third-order valence-electron chi connectivity index (χ3n) is 6.41. The van der Waals surface area contributed by atoms with E-state index in [9.17, 15) is 13.2 Å². The van der Waals surface area contributed by atoms with Gasteiger partial charge >= 0.3 is 6.18 Å². The van der Waals surface area contributed by atoms with E-state index in [0.717, 1.165) is 36.3 Å². The average molecular weight is 435 g/mol. The fourth-order valence-electron chi connectivity index (χ4n) is 4.89. The van der Waals surface area contributed by atoms with Gasteiger partial charge < -0.3 is 4.74 Å². The zero-order valence-electron chi connectivity index (χ0n) is 18.5. The summed E-state index contributed by atoms with van der Waals surface area (Å²) in [6.07, 6.45) is -2.30.